The monoisotopic (exact) mass is 397 g/mol. The van der Waals surface area contributed by atoms with Crippen molar-refractivity contribution in [2.45, 2.75) is 24.5 Å². The minimum atomic E-state index is -0.317. The number of rotatable bonds is 7. The standard InChI is InChI=1S/C20H16FN3O3S/c1-13-2-4-14(5-3-13)19-22-16(10-26-19)12-28-20-24-23-18(27-20)11-25-17-8-6-15(21)7-9-17/h2-10H,11-12H2,1H3. The van der Waals surface area contributed by atoms with Crippen molar-refractivity contribution in [3.8, 4) is 17.2 Å². The summed E-state index contributed by atoms with van der Waals surface area (Å²) in [6, 6.07) is 13.7. The van der Waals surface area contributed by atoms with Crippen LogP contribution in [-0.2, 0) is 12.4 Å². The maximum atomic E-state index is 12.9. The number of ether oxygens (including phenoxy) is 1. The summed E-state index contributed by atoms with van der Waals surface area (Å²) in [6.45, 7) is 2.14. The molecule has 0 aliphatic rings. The van der Waals surface area contributed by atoms with Gasteiger partial charge in [-0.05, 0) is 43.3 Å². The molecular formula is C20H16FN3O3S. The molecule has 0 saturated heterocycles. The largest absolute Gasteiger partial charge is 0.484 e. The zero-order valence-corrected chi connectivity index (χ0v) is 15.8. The second kappa shape index (κ2) is 8.26. The van der Waals surface area contributed by atoms with Crippen molar-refractivity contribution in [2.75, 3.05) is 0 Å². The van der Waals surface area contributed by atoms with Crippen molar-refractivity contribution >= 4 is 11.8 Å². The van der Waals surface area contributed by atoms with Gasteiger partial charge in [0.05, 0.1) is 5.69 Å². The Hall–Kier alpha value is -3.13. The molecule has 6 nitrogen and oxygen atoms in total. The highest BCUT2D eigenvalue weighted by atomic mass is 32.2. The Labute approximate surface area is 164 Å². The maximum Gasteiger partial charge on any atom is 0.277 e. The quantitative estimate of drug-likeness (QED) is 0.404. The molecule has 2 aromatic heterocycles. The van der Waals surface area contributed by atoms with Crippen molar-refractivity contribution in [3.05, 3.63) is 77.8 Å². The molecule has 0 N–H and O–H groups in total. The molecule has 0 radical (unpaired) electrons. The highest BCUT2D eigenvalue weighted by Gasteiger charge is 2.11. The van der Waals surface area contributed by atoms with Crippen LogP contribution in [0.2, 0.25) is 0 Å². The number of hydrogen-bond donors (Lipinski definition) is 0. The van der Waals surface area contributed by atoms with Crippen LogP contribution in [0.4, 0.5) is 4.39 Å². The number of halogens is 1. The van der Waals surface area contributed by atoms with Crippen LogP contribution in [0.15, 0.2) is 68.9 Å². The lowest BCUT2D eigenvalue weighted by Gasteiger charge is -2.02. The van der Waals surface area contributed by atoms with E-state index in [1.54, 1.807) is 6.26 Å². The number of nitrogens with zero attached hydrogens (tertiary/aromatic N) is 3. The molecule has 8 heteroatoms. The van der Waals surface area contributed by atoms with Crippen molar-refractivity contribution in [2.24, 2.45) is 0 Å². The molecule has 0 saturated carbocycles. The van der Waals surface area contributed by atoms with Crippen LogP contribution in [0.1, 0.15) is 17.1 Å². The van der Waals surface area contributed by atoms with Crippen LogP contribution in [0.3, 0.4) is 0 Å². The zero-order chi connectivity index (χ0) is 19.3. The average molecular weight is 397 g/mol. The van der Waals surface area contributed by atoms with E-state index < -0.39 is 0 Å². The Morgan fingerprint density at radius 3 is 2.61 bits per heavy atom. The summed E-state index contributed by atoms with van der Waals surface area (Å²) < 4.78 is 29.4. The number of thioether (sulfide) groups is 1. The summed E-state index contributed by atoms with van der Waals surface area (Å²) in [4.78, 5) is 4.48. The molecule has 142 valence electrons. The number of aryl methyl sites for hydroxylation is 1. The molecule has 0 amide bonds. The van der Waals surface area contributed by atoms with Gasteiger partial charge in [0.1, 0.15) is 17.8 Å². The molecular weight excluding hydrogens is 381 g/mol. The second-order valence-electron chi connectivity index (χ2n) is 6.00. The van der Waals surface area contributed by atoms with Gasteiger partial charge < -0.3 is 13.6 Å². The highest BCUT2D eigenvalue weighted by Crippen LogP contribution is 2.25. The molecule has 0 atom stereocenters. The van der Waals surface area contributed by atoms with Gasteiger partial charge in [0.2, 0.25) is 5.89 Å². The first-order chi connectivity index (χ1) is 13.7. The Kier molecular flexibility index (Phi) is 5.38. The van der Waals surface area contributed by atoms with Crippen LogP contribution >= 0.6 is 11.8 Å². The Morgan fingerprint density at radius 1 is 1.04 bits per heavy atom. The number of benzene rings is 2. The minimum absolute atomic E-state index is 0.112. The fourth-order valence-corrected chi connectivity index (χ4v) is 3.03. The fourth-order valence-electron chi connectivity index (χ4n) is 2.37. The van der Waals surface area contributed by atoms with Crippen LogP contribution in [0.25, 0.3) is 11.5 Å². The summed E-state index contributed by atoms with van der Waals surface area (Å²) in [7, 11) is 0. The first kappa shape index (κ1) is 18.2. The molecule has 0 bridgehead atoms. The molecule has 0 fully saturated rings. The Bertz CT molecular complexity index is 1050. The van der Waals surface area contributed by atoms with Crippen LogP contribution in [-0.4, -0.2) is 15.2 Å². The fraction of sp³-hybridized carbons (Fsp3) is 0.150. The van der Waals surface area contributed by atoms with Gasteiger partial charge in [-0.3, -0.25) is 0 Å². The van der Waals surface area contributed by atoms with Crippen molar-refractivity contribution in [3.63, 3.8) is 0 Å². The van der Waals surface area contributed by atoms with Crippen molar-refractivity contribution < 1.29 is 18.0 Å². The summed E-state index contributed by atoms with van der Waals surface area (Å²) in [5.41, 5.74) is 2.89. The summed E-state index contributed by atoms with van der Waals surface area (Å²) in [5.74, 6) is 1.67. The van der Waals surface area contributed by atoms with E-state index in [1.807, 2.05) is 31.2 Å². The van der Waals surface area contributed by atoms with Crippen LogP contribution < -0.4 is 4.74 Å². The van der Waals surface area contributed by atoms with E-state index in [4.69, 9.17) is 13.6 Å². The lowest BCUT2D eigenvalue weighted by molar-refractivity contribution is 0.252. The van der Waals surface area contributed by atoms with E-state index in [1.165, 1.54) is 41.6 Å². The number of aromatic nitrogens is 3. The lowest BCUT2D eigenvalue weighted by atomic mass is 10.1. The minimum Gasteiger partial charge on any atom is -0.484 e. The molecule has 0 unspecified atom stereocenters. The molecule has 28 heavy (non-hydrogen) atoms. The summed E-state index contributed by atoms with van der Waals surface area (Å²) >= 11 is 1.36. The van der Waals surface area contributed by atoms with E-state index in [0.717, 1.165) is 11.3 Å². The van der Waals surface area contributed by atoms with Crippen LogP contribution in [0.5, 0.6) is 5.75 Å². The number of oxazole rings is 1. The van der Waals surface area contributed by atoms with Gasteiger partial charge >= 0.3 is 0 Å². The second-order valence-corrected chi connectivity index (χ2v) is 6.93. The van der Waals surface area contributed by atoms with E-state index in [9.17, 15) is 4.39 Å². The predicted molar refractivity (Wildman–Crippen MR) is 101 cm³/mol. The van der Waals surface area contributed by atoms with E-state index in [0.29, 0.717) is 28.5 Å². The third kappa shape index (κ3) is 4.58. The summed E-state index contributed by atoms with van der Waals surface area (Å²) in [5, 5.41) is 8.34. The average Bonchev–Trinajstić information content (AvgIpc) is 3.36. The molecule has 4 rings (SSSR count). The smallest absolute Gasteiger partial charge is 0.277 e. The van der Waals surface area contributed by atoms with Crippen molar-refractivity contribution in [1.29, 1.82) is 0 Å². The van der Waals surface area contributed by atoms with Gasteiger partial charge in [-0.15, -0.1) is 10.2 Å². The highest BCUT2D eigenvalue weighted by molar-refractivity contribution is 7.98. The topological polar surface area (TPSA) is 74.2 Å². The van der Waals surface area contributed by atoms with Gasteiger partial charge in [0.25, 0.3) is 11.1 Å². The normalized spacial score (nSPS) is 10.9. The third-order valence-electron chi connectivity index (χ3n) is 3.82. The maximum absolute atomic E-state index is 12.9. The SMILES string of the molecule is Cc1ccc(-c2nc(CSc3nnc(COc4ccc(F)cc4)o3)co2)cc1. The summed E-state index contributed by atoms with van der Waals surface area (Å²) in [6.07, 6.45) is 1.62. The Morgan fingerprint density at radius 2 is 1.82 bits per heavy atom. The molecule has 0 spiro atoms. The molecule has 2 heterocycles. The molecule has 0 aliphatic heterocycles. The van der Waals surface area contributed by atoms with Gasteiger partial charge in [-0.2, -0.15) is 0 Å². The van der Waals surface area contributed by atoms with E-state index in [-0.39, 0.29) is 12.4 Å². The van der Waals surface area contributed by atoms with Gasteiger partial charge in [-0.1, -0.05) is 29.5 Å². The third-order valence-corrected chi connectivity index (χ3v) is 4.67. The van der Waals surface area contributed by atoms with E-state index >= 15 is 0 Å². The van der Waals surface area contributed by atoms with Crippen molar-refractivity contribution in [1.82, 2.24) is 15.2 Å². The molecule has 0 aliphatic carbocycles. The zero-order valence-electron chi connectivity index (χ0n) is 15.0. The van der Waals surface area contributed by atoms with Gasteiger partial charge in [0, 0.05) is 11.3 Å². The number of hydrogen-bond acceptors (Lipinski definition) is 7. The molecule has 4 aromatic rings. The van der Waals surface area contributed by atoms with E-state index in [2.05, 4.69) is 15.2 Å². The van der Waals surface area contributed by atoms with Gasteiger partial charge in [0.15, 0.2) is 6.61 Å². The van der Waals surface area contributed by atoms with Gasteiger partial charge in [-0.25, -0.2) is 9.37 Å². The molecule has 2 aromatic carbocycles. The lowest BCUT2D eigenvalue weighted by Crippen LogP contribution is -1.95. The predicted octanol–water partition coefficient (Wildman–Crippen LogP) is 5.04. The first-order valence-corrected chi connectivity index (χ1v) is 9.49. The van der Waals surface area contributed by atoms with Crippen LogP contribution in [0, 0.1) is 12.7 Å². The Balaban J connectivity index is 1.31. The first-order valence-electron chi connectivity index (χ1n) is 8.51.